The molecule has 4 unspecified atom stereocenters. The molecule has 2 aliphatic heterocycles. The molecule has 490 valence electrons. The summed E-state index contributed by atoms with van der Waals surface area (Å²) in [6.07, 6.45) is 4.10. The van der Waals surface area contributed by atoms with Gasteiger partial charge in [-0.2, -0.15) is 0 Å². The van der Waals surface area contributed by atoms with Crippen molar-refractivity contribution in [3.63, 3.8) is 0 Å². The topological polar surface area (TPSA) is 148 Å². The Kier molecular flexibility index (Phi) is 28.1. The van der Waals surface area contributed by atoms with Crippen molar-refractivity contribution in [2.24, 2.45) is 0 Å². The van der Waals surface area contributed by atoms with Gasteiger partial charge < -0.3 is 42.6 Å². The highest BCUT2D eigenvalue weighted by molar-refractivity contribution is 7.51. The summed E-state index contributed by atoms with van der Waals surface area (Å²) in [6, 6.07) is 67.6. The van der Waals surface area contributed by atoms with E-state index in [1.54, 1.807) is 0 Å². The standard InChI is InChI=1S/C77H94NO13P/c1-2-3-4-5-6-7-8-9-10-11-12-13-35-50-67(79)89-74-72(85-55-63-44-29-18-30-45-63)71(84-54-62-42-27-17-28-43-62)73(86-56-64-46-31-19-32-47-64)75-76(74)91-92(80,87-57-65-48-33-20-34-49-65)78-68-70(83-53-61-40-25-16-26-41-61)69(82-52-60-38-23-15-24-39-60)66(88-77(68)90-75)58-81-51-59-36-21-14-22-37-59/h14-34,36-49,66,68-77H,2-13,35,50-58H2,1H3,(H,78,80)/t66?,68-,69+,70-,71?,72?,73+,74-,75-,76-,77+,92?/m1/s1. The Bertz CT molecular complexity index is 3180. The van der Waals surface area contributed by atoms with Crippen LogP contribution in [0.1, 0.15) is 136 Å². The molecule has 2 heterocycles. The van der Waals surface area contributed by atoms with Gasteiger partial charge >= 0.3 is 13.7 Å². The zero-order valence-electron chi connectivity index (χ0n) is 53.4. The van der Waals surface area contributed by atoms with E-state index in [9.17, 15) is 4.79 Å². The Morgan fingerprint density at radius 3 is 1.18 bits per heavy atom. The van der Waals surface area contributed by atoms with Crippen LogP contribution in [0.3, 0.4) is 0 Å². The maximum Gasteiger partial charge on any atom is 0.406 e. The number of unbranched alkanes of at least 4 members (excludes halogenated alkanes) is 12. The first-order valence-corrected chi connectivity index (χ1v) is 35.1. The van der Waals surface area contributed by atoms with E-state index in [4.69, 9.17) is 51.7 Å². The van der Waals surface area contributed by atoms with E-state index in [0.717, 1.165) is 58.2 Å². The van der Waals surface area contributed by atoms with Gasteiger partial charge in [0.15, 0.2) is 12.4 Å². The molecule has 0 spiro atoms. The van der Waals surface area contributed by atoms with Gasteiger partial charge in [0.1, 0.15) is 48.8 Å². The van der Waals surface area contributed by atoms with Gasteiger partial charge in [-0.25, -0.2) is 9.65 Å². The molecule has 1 saturated carbocycles. The smallest absolute Gasteiger partial charge is 0.406 e. The molecule has 0 aromatic heterocycles. The highest BCUT2D eigenvalue weighted by atomic mass is 31.2. The number of carbonyl (C=O) groups is 1. The van der Waals surface area contributed by atoms with Crippen molar-refractivity contribution in [1.82, 2.24) is 5.09 Å². The van der Waals surface area contributed by atoms with E-state index >= 15 is 4.57 Å². The maximum absolute atomic E-state index is 16.8. The van der Waals surface area contributed by atoms with Crippen molar-refractivity contribution in [2.45, 2.75) is 210 Å². The van der Waals surface area contributed by atoms with Crippen molar-refractivity contribution in [3.05, 3.63) is 251 Å². The summed E-state index contributed by atoms with van der Waals surface area (Å²) in [5, 5.41) is 3.37. The predicted octanol–water partition coefficient (Wildman–Crippen LogP) is 16.3. The zero-order valence-corrected chi connectivity index (χ0v) is 54.3. The molecule has 0 amide bonds. The first kappa shape index (κ1) is 68.7. The van der Waals surface area contributed by atoms with Gasteiger partial charge in [-0.1, -0.05) is 296 Å². The molecule has 1 N–H and O–H groups in total. The van der Waals surface area contributed by atoms with Crippen LogP contribution >= 0.6 is 7.75 Å². The second-order valence-corrected chi connectivity index (χ2v) is 26.1. The molecule has 0 radical (unpaired) electrons. The molecule has 12 atom stereocenters. The summed E-state index contributed by atoms with van der Waals surface area (Å²) in [4.78, 5) is 14.9. The third-order valence-corrected chi connectivity index (χ3v) is 18.9. The molecule has 1 aliphatic carbocycles. The van der Waals surface area contributed by atoms with Crippen LogP contribution in [0.4, 0.5) is 0 Å². The fourth-order valence-corrected chi connectivity index (χ4v) is 14.0. The summed E-state index contributed by atoms with van der Waals surface area (Å²) in [5.41, 5.74) is 6.16. The Labute approximate surface area is 545 Å². The molecule has 0 bridgehead atoms. The summed E-state index contributed by atoms with van der Waals surface area (Å²) < 4.78 is 94.8. The lowest BCUT2D eigenvalue weighted by molar-refractivity contribution is -0.339. The number of carbonyl (C=O) groups excluding carboxylic acids is 1. The highest BCUT2D eigenvalue weighted by Crippen LogP contribution is 2.53. The fourth-order valence-electron chi connectivity index (χ4n) is 12.3. The number of nitrogens with one attached hydrogen (secondary N) is 1. The van der Waals surface area contributed by atoms with Crippen LogP contribution in [-0.2, 0) is 107 Å². The molecule has 7 aromatic carbocycles. The second-order valence-electron chi connectivity index (χ2n) is 24.4. The monoisotopic (exact) mass is 1270 g/mol. The van der Waals surface area contributed by atoms with Gasteiger partial charge in [0.25, 0.3) is 0 Å². The predicted molar refractivity (Wildman–Crippen MR) is 356 cm³/mol. The Morgan fingerprint density at radius 1 is 0.391 bits per heavy atom. The number of fused-ring (bicyclic) bond motifs is 2. The van der Waals surface area contributed by atoms with Gasteiger partial charge in [0.05, 0.1) is 58.9 Å². The molecular weight excluding hydrogens is 1180 g/mol. The van der Waals surface area contributed by atoms with Crippen LogP contribution in [0.2, 0.25) is 0 Å². The van der Waals surface area contributed by atoms with Crippen molar-refractivity contribution in [1.29, 1.82) is 0 Å². The molecule has 10 rings (SSSR count). The SMILES string of the molecule is CCCCCCCCCCCCCCCC(=O)O[C@@H]1C(OCc2ccccc2)C(OCc2ccccc2)[C@H](OCc2ccccc2)[C@H]2O[C@@H]3OC(COCc4ccccc4)[C@H](OCc4ccccc4)[C@H](OCc4ccccc4)[C@H]3NP(=O)(OCc3ccccc3)O[C@@H]21. The van der Waals surface area contributed by atoms with Crippen LogP contribution in [-0.4, -0.2) is 79.8 Å². The number of ether oxygens (including phenoxy) is 9. The Morgan fingerprint density at radius 2 is 0.750 bits per heavy atom. The van der Waals surface area contributed by atoms with Gasteiger partial charge in [-0.15, -0.1) is 0 Å². The van der Waals surface area contributed by atoms with Crippen molar-refractivity contribution >= 4 is 13.7 Å². The van der Waals surface area contributed by atoms with Gasteiger partial charge in [0.2, 0.25) is 0 Å². The second kappa shape index (κ2) is 37.6. The number of hydrogen-bond acceptors (Lipinski definition) is 13. The molecule has 3 fully saturated rings. The molecule has 92 heavy (non-hydrogen) atoms. The van der Waals surface area contributed by atoms with E-state index < -0.39 is 81.0 Å². The highest BCUT2D eigenvalue weighted by Gasteiger charge is 2.62. The van der Waals surface area contributed by atoms with E-state index in [1.807, 2.05) is 212 Å². The normalized spacial score (nSPS) is 24.6. The first-order valence-electron chi connectivity index (χ1n) is 33.5. The summed E-state index contributed by atoms with van der Waals surface area (Å²) >= 11 is 0. The minimum Gasteiger partial charge on any atom is -0.457 e. The van der Waals surface area contributed by atoms with Gasteiger partial charge in [-0.3, -0.25) is 13.8 Å². The van der Waals surface area contributed by atoms with Crippen molar-refractivity contribution in [2.75, 3.05) is 6.61 Å². The average molecular weight is 1270 g/mol. The average Bonchev–Trinajstić information content (AvgIpc) is 0.757. The minimum absolute atomic E-state index is 0.0461. The molecule has 7 aromatic rings. The van der Waals surface area contributed by atoms with Crippen molar-refractivity contribution in [3.8, 4) is 0 Å². The molecular formula is C77H94NO13P. The lowest BCUT2D eigenvalue weighted by Crippen LogP contribution is -2.72. The molecule has 14 nitrogen and oxygen atoms in total. The van der Waals surface area contributed by atoms with E-state index in [2.05, 4.69) is 12.0 Å². The number of esters is 1. The summed E-state index contributed by atoms with van der Waals surface area (Å²) in [6.45, 7) is 3.09. The lowest BCUT2D eigenvalue weighted by Gasteiger charge is -2.54. The van der Waals surface area contributed by atoms with Crippen LogP contribution in [0.5, 0.6) is 0 Å². The molecule has 3 aliphatic rings. The third kappa shape index (κ3) is 21.4. The van der Waals surface area contributed by atoms with Crippen molar-refractivity contribution < 1.29 is 61.0 Å². The Balaban J connectivity index is 1.04. The first-order chi connectivity index (χ1) is 45.4. The van der Waals surface area contributed by atoms with E-state index in [0.29, 0.717) is 6.42 Å². The molecule has 2 saturated heterocycles. The maximum atomic E-state index is 16.8. The summed E-state index contributed by atoms with van der Waals surface area (Å²) in [7, 11) is -4.69. The molecule has 15 heteroatoms. The van der Waals surface area contributed by atoms with Gasteiger partial charge in [0, 0.05) is 6.42 Å². The van der Waals surface area contributed by atoms with E-state index in [1.165, 1.54) is 57.8 Å². The quantitative estimate of drug-likeness (QED) is 0.0224. The number of benzene rings is 7. The Hall–Kier alpha value is -6.20. The van der Waals surface area contributed by atoms with Gasteiger partial charge in [-0.05, 0) is 45.4 Å². The number of hydrogen-bond donors (Lipinski definition) is 1. The number of rotatable bonds is 37. The van der Waals surface area contributed by atoms with Crippen LogP contribution < -0.4 is 5.09 Å². The third-order valence-electron chi connectivity index (χ3n) is 17.3. The fraction of sp³-hybridized carbons (Fsp3) is 0.442. The van der Waals surface area contributed by atoms with Crippen LogP contribution in [0, 0.1) is 0 Å². The zero-order chi connectivity index (χ0) is 63.3. The lowest BCUT2D eigenvalue weighted by atomic mass is 9.83. The largest absolute Gasteiger partial charge is 0.457 e. The summed E-state index contributed by atoms with van der Waals surface area (Å²) in [5.74, 6) is -0.468. The van der Waals surface area contributed by atoms with Crippen LogP contribution in [0.25, 0.3) is 0 Å². The van der Waals surface area contributed by atoms with Crippen LogP contribution in [0.15, 0.2) is 212 Å². The van der Waals surface area contributed by atoms with E-state index in [-0.39, 0.29) is 59.3 Å². The minimum atomic E-state index is -4.69.